The molecule has 0 aliphatic carbocycles. The molecule has 2 aromatic heterocycles. The quantitative estimate of drug-likeness (QED) is 0.790. The predicted octanol–water partition coefficient (Wildman–Crippen LogP) is 2.87. The molecule has 0 amide bonds. The van der Waals surface area contributed by atoms with E-state index in [1.165, 1.54) is 0 Å². The van der Waals surface area contributed by atoms with Gasteiger partial charge in [-0.15, -0.1) is 0 Å². The normalized spacial score (nSPS) is 10.7. The highest BCUT2D eigenvalue weighted by atomic mass is 79.9. The molecule has 0 saturated carbocycles. The van der Waals surface area contributed by atoms with Crippen molar-refractivity contribution < 1.29 is 4.52 Å². The number of aromatic nitrogens is 3. The van der Waals surface area contributed by atoms with E-state index in [-0.39, 0.29) is 0 Å². The number of anilines is 1. The average Bonchev–Trinajstić information content (AvgIpc) is 2.98. The van der Waals surface area contributed by atoms with Crippen LogP contribution in [0.4, 0.5) is 5.88 Å². The van der Waals surface area contributed by atoms with Crippen molar-refractivity contribution >= 4 is 21.8 Å². The number of hydrogen-bond acceptors (Lipinski definition) is 4. The Bertz CT molecular complexity index is 612. The van der Waals surface area contributed by atoms with Crippen molar-refractivity contribution in [2.75, 3.05) is 5.73 Å². The van der Waals surface area contributed by atoms with E-state index in [1.54, 1.807) is 16.9 Å². The van der Waals surface area contributed by atoms with Crippen molar-refractivity contribution in [1.82, 2.24) is 14.9 Å². The van der Waals surface area contributed by atoms with Gasteiger partial charge in [0.25, 0.3) is 0 Å². The third kappa shape index (κ3) is 2.02. The molecule has 18 heavy (non-hydrogen) atoms. The topological polar surface area (TPSA) is 69.9 Å². The number of halogens is 1. The highest BCUT2D eigenvalue weighted by Gasteiger charge is 2.05. The van der Waals surface area contributed by atoms with Gasteiger partial charge in [0.1, 0.15) is 5.69 Å². The van der Waals surface area contributed by atoms with Gasteiger partial charge in [0.2, 0.25) is 5.88 Å². The Labute approximate surface area is 111 Å². The number of nitrogens with zero attached hydrogens (tertiary/aromatic N) is 3. The van der Waals surface area contributed by atoms with Crippen molar-refractivity contribution in [3.63, 3.8) is 0 Å². The first kappa shape index (κ1) is 11.0. The number of nitrogens with two attached hydrogens (primary N) is 1. The minimum absolute atomic E-state index is 0.310. The van der Waals surface area contributed by atoms with Gasteiger partial charge >= 0.3 is 0 Å². The third-order valence-electron chi connectivity index (χ3n) is 2.51. The summed E-state index contributed by atoms with van der Waals surface area (Å²) in [6.45, 7) is 0. The molecule has 2 N–H and O–H groups in total. The molecule has 90 valence electrons. The Balaban J connectivity index is 1.94. The molecule has 6 heteroatoms. The van der Waals surface area contributed by atoms with Gasteiger partial charge in [-0.1, -0.05) is 17.3 Å². The molecule has 5 nitrogen and oxygen atoms in total. The highest BCUT2D eigenvalue weighted by molar-refractivity contribution is 9.10. The standard InChI is InChI=1S/C12H9BrN4O/c13-9-6-15-17(7-9)10-3-1-8(2-4-10)11-5-12(14)18-16-11/h1-7H,14H2. The molecule has 0 fully saturated rings. The Hall–Kier alpha value is -2.08. The van der Waals surface area contributed by atoms with Crippen LogP contribution in [0.2, 0.25) is 0 Å². The van der Waals surface area contributed by atoms with E-state index in [9.17, 15) is 0 Å². The molecular formula is C12H9BrN4O. The molecule has 1 aromatic carbocycles. The molecule has 0 unspecified atom stereocenters. The molecule has 0 saturated heterocycles. The Kier molecular flexibility index (Phi) is 2.64. The van der Waals surface area contributed by atoms with Crippen molar-refractivity contribution in [2.24, 2.45) is 0 Å². The van der Waals surface area contributed by atoms with Crippen LogP contribution in [0.3, 0.4) is 0 Å². The van der Waals surface area contributed by atoms with E-state index >= 15 is 0 Å². The summed E-state index contributed by atoms with van der Waals surface area (Å²) < 4.78 is 7.56. The molecule has 0 radical (unpaired) electrons. The summed E-state index contributed by atoms with van der Waals surface area (Å²) in [5.74, 6) is 0.310. The fourth-order valence-corrected chi connectivity index (χ4v) is 1.94. The first-order chi connectivity index (χ1) is 8.72. The minimum Gasteiger partial charge on any atom is -0.368 e. The van der Waals surface area contributed by atoms with Gasteiger partial charge in [-0.05, 0) is 28.1 Å². The second-order valence-electron chi connectivity index (χ2n) is 3.76. The SMILES string of the molecule is Nc1cc(-c2ccc(-n3cc(Br)cn3)cc2)no1. The van der Waals surface area contributed by atoms with E-state index in [0.717, 1.165) is 21.4 Å². The maximum atomic E-state index is 5.49. The van der Waals surface area contributed by atoms with Gasteiger partial charge in [-0.2, -0.15) is 5.10 Å². The summed E-state index contributed by atoms with van der Waals surface area (Å²) in [5.41, 5.74) is 8.14. The van der Waals surface area contributed by atoms with Crippen LogP contribution in [0.25, 0.3) is 16.9 Å². The van der Waals surface area contributed by atoms with Crippen molar-refractivity contribution in [3.05, 3.63) is 47.2 Å². The lowest BCUT2D eigenvalue weighted by atomic mass is 10.1. The summed E-state index contributed by atoms with van der Waals surface area (Å²) in [4.78, 5) is 0. The van der Waals surface area contributed by atoms with E-state index in [4.69, 9.17) is 10.3 Å². The van der Waals surface area contributed by atoms with Crippen LogP contribution in [-0.2, 0) is 0 Å². The van der Waals surface area contributed by atoms with E-state index < -0.39 is 0 Å². The number of rotatable bonds is 2. The van der Waals surface area contributed by atoms with E-state index in [0.29, 0.717) is 5.88 Å². The lowest BCUT2D eigenvalue weighted by Crippen LogP contribution is -1.93. The van der Waals surface area contributed by atoms with Crippen LogP contribution >= 0.6 is 15.9 Å². The maximum Gasteiger partial charge on any atom is 0.222 e. The van der Waals surface area contributed by atoms with Gasteiger partial charge in [0.05, 0.1) is 16.4 Å². The maximum absolute atomic E-state index is 5.49. The van der Waals surface area contributed by atoms with Gasteiger partial charge in [0.15, 0.2) is 0 Å². The van der Waals surface area contributed by atoms with E-state index in [2.05, 4.69) is 26.2 Å². The van der Waals surface area contributed by atoms with Crippen LogP contribution in [-0.4, -0.2) is 14.9 Å². The van der Waals surface area contributed by atoms with Crippen molar-refractivity contribution in [3.8, 4) is 16.9 Å². The zero-order valence-corrected chi connectivity index (χ0v) is 10.8. The second kappa shape index (κ2) is 4.30. The zero-order valence-electron chi connectivity index (χ0n) is 9.25. The summed E-state index contributed by atoms with van der Waals surface area (Å²) in [6.07, 6.45) is 3.63. The molecule has 2 heterocycles. The fourth-order valence-electron chi connectivity index (χ4n) is 1.65. The zero-order chi connectivity index (χ0) is 12.5. The lowest BCUT2D eigenvalue weighted by molar-refractivity contribution is 0.439. The molecule has 0 aliphatic heterocycles. The van der Waals surface area contributed by atoms with Gasteiger partial charge in [-0.25, -0.2) is 4.68 Å². The largest absolute Gasteiger partial charge is 0.368 e. The predicted molar refractivity (Wildman–Crippen MR) is 71.2 cm³/mol. The lowest BCUT2D eigenvalue weighted by Gasteiger charge is -2.01. The third-order valence-corrected chi connectivity index (χ3v) is 2.92. The molecule has 3 rings (SSSR count). The van der Waals surface area contributed by atoms with Crippen molar-refractivity contribution in [2.45, 2.75) is 0 Å². The van der Waals surface area contributed by atoms with Crippen LogP contribution in [0, 0.1) is 0 Å². The first-order valence-electron chi connectivity index (χ1n) is 5.25. The minimum atomic E-state index is 0.310. The second-order valence-corrected chi connectivity index (χ2v) is 4.68. The van der Waals surface area contributed by atoms with Crippen LogP contribution in [0.15, 0.2) is 51.7 Å². The fraction of sp³-hybridized carbons (Fsp3) is 0. The molecule has 0 spiro atoms. The molecule has 3 aromatic rings. The number of hydrogen-bond donors (Lipinski definition) is 1. The molecule has 0 atom stereocenters. The highest BCUT2D eigenvalue weighted by Crippen LogP contribution is 2.21. The van der Waals surface area contributed by atoms with Crippen LogP contribution in [0.5, 0.6) is 0 Å². The number of benzene rings is 1. The van der Waals surface area contributed by atoms with Crippen LogP contribution in [0.1, 0.15) is 0 Å². The Morgan fingerprint density at radius 2 is 2.00 bits per heavy atom. The Morgan fingerprint density at radius 1 is 1.22 bits per heavy atom. The van der Waals surface area contributed by atoms with E-state index in [1.807, 2.05) is 30.5 Å². The van der Waals surface area contributed by atoms with Crippen LogP contribution < -0.4 is 5.73 Å². The first-order valence-corrected chi connectivity index (χ1v) is 6.05. The van der Waals surface area contributed by atoms with Crippen molar-refractivity contribution in [1.29, 1.82) is 0 Å². The van der Waals surface area contributed by atoms with Gasteiger partial charge in [-0.3, -0.25) is 0 Å². The smallest absolute Gasteiger partial charge is 0.222 e. The summed E-state index contributed by atoms with van der Waals surface area (Å²) in [5, 5.41) is 8.07. The summed E-state index contributed by atoms with van der Waals surface area (Å²) in [6, 6.07) is 9.50. The average molecular weight is 305 g/mol. The van der Waals surface area contributed by atoms with Gasteiger partial charge in [0, 0.05) is 17.8 Å². The summed E-state index contributed by atoms with van der Waals surface area (Å²) in [7, 11) is 0. The monoisotopic (exact) mass is 304 g/mol. The molecule has 0 bridgehead atoms. The molecule has 0 aliphatic rings. The molecular weight excluding hydrogens is 296 g/mol. The Morgan fingerprint density at radius 3 is 2.56 bits per heavy atom. The van der Waals surface area contributed by atoms with Gasteiger partial charge < -0.3 is 10.3 Å². The summed E-state index contributed by atoms with van der Waals surface area (Å²) >= 11 is 3.36. The number of nitrogen functional groups attached to an aromatic ring is 1.